The Morgan fingerprint density at radius 2 is 2.24 bits per heavy atom. The second-order valence-electron chi connectivity index (χ2n) is 4.12. The lowest BCUT2D eigenvalue weighted by atomic mass is 10.1. The third kappa shape index (κ3) is 3.26. The van der Waals surface area contributed by atoms with Crippen molar-refractivity contribution in [3.63, 3.8) is 0 Å². The second kappa shape index (κ2) is 5.91. The van der Waals surface area contributed by atoms with Crippen LogP contribution in [0.25, 0.3) is 0 Å². The zero-order valence-electron chi connectivity index (χ0n) is 9.42. The van der Waals surface area contributed by atoms with Crippen molar-refractivity contribution in [2.45, 2.75) is 13.0 Å². The predicted molar refractivity (Wildman–Crippen MR) is 68.8 cm³/mol. The molecule has 1 aromatic rings. The molecular formula is C12H15Cl2NO2. The molecule has 1 aliphatic heterocycles. The largest absolute Gasteiger partial charge is 0.491 e. The minimum absolute atomic E-state index is 0.358. The number of ether oxygens (including phenoxy) is 2. The maximum atomic E-state index is 6.10. The molecule has 0 aromatic heterocycles. The van der Waals surface area contributed by atoms with Crippen LogP contribution in [0.5, 0.6) is 5.75 Å². The van der Waals surface area contributed by atoms with Crippen molar-refractivity contribution in [3.8, 4) is 5.75 Å². The Morgan fingerprint density at radius 1 is 1.41 bits per heavy atom. The van der Waals surface area contributed by atoms with Gasteiger partial charge in [-0.1, -0.05) is 23.2 Å². The Balaban J connectivity index is 2.08. The van der Waals surface area contributed by atoms with Gasteiger partial charge in [0.1, 0.15) is 5.75 Å². The molecule has 2 rings (SSSR count). The summed E-state index contributed by atoms with van der Waals surface area (Å²) in [5, 5.41) is 1.09. The van der Waals surface area contributed by atoms with E-state index in [4.69, 9.17) is 38.4 Å². The van der Waals surface area contributed by atoms with Gasteiger partial charge in [0.2, 0.25) is 0 Å². The van der Waals surface area contributed by atoms with E-state index in [2.05, 4.69) is 0 Å². The fourth-order valence-electron chi connectivity index (χ4n) is 1.84. The number of nitrogens with two attached hydrogens (primary N) is 1. The van der Waals surface area contributed by atoms with Crippen molar-refractivity contribution < 1.29 is 9.47 Å². The number of rotatable bonds is 4. The van der Waals surface area contributed by atoms with E-state index in [9.17, 15) is 0 Å². The zero-order chi connectivity index (χ0) is 12.3. The summed E-state index contributed by atoms with van der Waals surface area (Å²) in [6.07, 6.45) is 1.03. The predicted octanol–water partition coefficient (Wildman–Crippen LogP) is 2.87. The maximum Gasteiger partial charge on any atom is 0.142 e. The summed E-state index contributed by atoms with van der Waals surface area (Å²) in [6, 6.07) is 3.46. The Bertz CT molecular complexity index is 392. The zero-order valence-corrected chi connectivity index (χ0v) is 10.9. The van der Waals surface area contributed by atoms with E-state index in [0.717, 1.165) is 25.2 Å². The van der Waals surface area contributed by atoms with Gasteiger partial charge in [-0.05, 0) is 18.6 Å². The van der Waals surface area contributed by atoms with Crippen LogP contribution >= 0.6 is 23.2 Å². The molecule has 0 bridgehead atoms. The molecule has 1 fully saturated rings. The van der Waals surface area contributed by atoms with Gasteiger partial charge in [0.25, 0.3) is 0 Å². The van der Waals surface area contributed by atoms with Gasteiger partial charge in [-0.15, -0.1) is 0 Å². The maximum absolute atomic E-state index is 6.10. The molecule has 0 amide bonds. The van der Waals surface area contributed by atoms with Gasteiger partial charge < -0.3 is 15.2 Å². The van der Waals surface area contributed by atoms with Crippen molar-refractivity contribution in [3.05, 3.63) is 27.7 Å². The summed E-state index contributed by atoms with van der Waals surface area (Å²) < 4.78 is 11.0. The quantitative estimate of drug-likeness (QED) is 0.919. The smallest absolute Gasteiger partial charge is 0.142 e. The van der Waals surface area contributed by atoms with E-state index in [-0.39, 0.29) is 0 Å². The first-order valence-electron chi connectivity index (χ1n) is 5.59. The number of halogens is 2. The normalized spacial score (nSPS) is 19.6. The van der Waals surface area contributed by atoms with E-state index >= 15 is 0 Å². The topological polar surface area (TPSA) is 44.5 Å². The van der Waals surface area contributed by atoms with Crippen molar-refractivity contribution in [1.29, 1.82) is 0 Å². The highest BCUT2D eigenvalue weighted by Crippen LogP contribution is 2.32. The Kier molecular flexibility index (Phi) is 4.51. The summed E-state index contributed by atoms with van der Waals surface area (Å²) in [4.78, 5) is 0. The average Bonchev–Trinajstić information content (AvgIpc) is 2.79. The summed E-state index contributed by atoms with van der Waals surface area (Å²) >= 11 is 12.0. The molecule has 1 saturated heterocycles. The van der Waals surface area contributed by atoms with Gasteiger partial charge in [0.05, 0.1) is 18.2 Å². The van der Waals surface area contributed by atoms with Crippen LogP contribution in [0.2, 0.25) is 10.0 Å². The molecule has 1 heterocycles. The lowest BCUT2D eigenvalue weighted by Crippen LogP contribution is -2.13. The van der Waals surface area contributed by atoms with Crippen molar-refractivity contribution in [1.82, 2.24) is 0 Å². The van der Waals surface area contributed by atoms with E-state index in [1.165, 1.54) is 0 Å². The van der Waals surface area contributed by atoms with Crippen molar-refractivity contribution in [2.75, 3.05) is 19.8 Å². The number of hydrogen-bond donors (Lipinski definition) is 1. The molecule has 2 N–H and O–H groups in total. The summed E-state index contributed by atoms with van der Waals surface area (Å²) in [5.41, 5.74) is 6.48. The SMILES string of the molecule is NCc1cc(Cl)cc(Cl)c1OCC1CCOC1. The molecule has 1 unspecified atom stereocenters. The summed E-state index contributed by atoms with van der Waals surface area (Å²) in [7, 11) is 0. The fraction of sp³-hybridized carbons (Fsp3) is 0.500. The first-order chi connectivity index (χ1) is 8.20. The van der Waals surface area contributed by atoms with Gasteiger partial charge in [-0.25, -0.2) is 0 Å². The Labute approximate surface area is 111 Å². The van der Waals surface area contributed by atoms with Gasteiger partial charge in [-0.3, -0.25) is 0 Å². The van der Waals surface area contributed by atoms with Crippen LogP contribution < -0.4 is 10.5 Å². The second-order valence-corrected chi connectivity index (χ2v) is 4.96. The molecule has 0 radical (unpaired) electrons. The first kappa shape index (κ1) is 13.0. The third-order valence-corrected chi connectivity index (χ3v) is 3.29. The molecule has 17 heavy (non-hydrogen) atoms. The Hall–Kier alpha value is -0.480. The average molecular weight is 276 g/mol. The molecule has 5 heteroatoms. The van der Waals surface area contributed by atoms with Crippen molar-refractivity contribution >= 4 is 23.2 Å². The summed E-state index contributed by atoms with van der Waals surface area (Å²) in [6.45, 7) is 2.53. The van der Waals surface area contributed by atoms with E-state index < -0.39 is 0 Å². The molecule has 1 aromatic carbocycles. The monoisotopic (exact) mass is 275 g/mol. The molecule has 1 aliphatic rings. The van der Waals surface area contributed by atoms with Crippen LogP contribution in [0.4, 0.5) is 0 Å². The van der Waals surface area contributed by atoms with Crippen LogP contribution in [-0.2, 0) is 11.3 Å². The molecule has 0 spiro atoms. The lowest BCUT2D eigenvalue weighted by Gasteiger charge is -2.15. The van der Waals surface area contributed by atoms with Crippen molar-refractivity contribution in [2.24, 2.45) is 11.7 Å². The van der Waals surface area contributed by atoms with Crippen LogP contribution in [0.15, 0.2) is 12.1 Å². The van der Waals surface area contributed by atoms with Gasteiger partial charge in [-0.2, -0.15) is 0 Å². The fourth-order valence-corrected chi connectivity index (χ4v) is 2.43. The number of hydrogen-bond acceptors (Lipinski definition) is 3. The first-order valence-corrected chi connectivity index (χ1v) is 6.35. The van der Waals surface area contributed by atoms with E-state index in [1.54, 1.807) is 12.1 Å². The number of benzene rings is 1. The Morgan fingerprint density at radius 3 is 2.88 bits per heavy atom. The molecule has 0 aliphatic carbocycles. The standard InChI is InChI=1S/C12H15Cl2NO2/c13-10-3-9(5-15)12(11(14)4-10)17-7-8-1-2-16-6-8/h3-4,8H,1-2,5-7,15H2. The van der Waals surface area contributed by atoms with Crippen LogP contribution in [0, 0.1) is 5.92 Å². The molecular weight excluding hydrogens is 261 g/mol. The molecule has 94 valence electrons. The highest BCUT2D eigenvalue weighted by atomic mass is 35.5. The minimum Gasteiger partial charge on any atom is -0.491 e. The third-order valence-electron chi connectivity index (χ3n) is 2.79. The van der Waals surface area contributed by atoms with E-state index in [1.807, 2.05) is 0 Å². The van der Waals surface area contributed by atoms with Crippen LogP contribution in [0.1, 0.15) is 12.0 Å². The highest BCUT2D eigenvalue weighted by Gasteiger charge is 2.18. The van der Waals surface area contributed by atoms with Gasteiger partial charge in [0, 0.05) is 29.7 Å². The van der Waals surface area contributed by atoms with Gasteiger partial charge >= 0.3 is 0 Å². The molecule has 3 nitrogen and oxygen atoms in total. The van der Waals surface area contributed by atoms with Crippen LogP contribution in [-0.4, -0.2) is 19.8 Å². The van der Waals surface area contributed by atoms with E-state index in [0.29, 0.717) is 34.9 Å². The highest BCUT2D eigenvalue weighted by molar-refractivity contribution is 6.35. The summed E-state index contributed by atoms with van der Waals surface area (Å²) in [5.74, 6) is 1.08. The molecule has 0 saturated carbocycles. The minimum atomic E-state index is 0.358. The lowest BCUT2D eigenvalue weighted by molar-refractivity contribution is 0.167. The molecule has 1 atom stereocenters. The van der Waals surface area contributed by atoms with Crippen LogP contribution in [0.3, 0.4) is 0 Å². The van der Waals surface area contributed by atoms with Gasteiger partial charge in [0.15, 0.2) is 0 Å².